The Morgan fingerprint density at radius 1 is 0.889 bits per heavy atom. The first-order chi connectivity index (χ1) is 8.88. The molecule has 0 amide bonds. The highest BCUT2D eigenvalue weighted by Gasteiger charge is 1.99. The number of hydrogen-bond acceptors (Lipinski definition) is 3. The fourth-order valence-electron chi connectivity index (χ4n) is 1.44. The molecule has 1 N–H and O–H groups in total. The monoisotopic (exact) mass is 302 g/mol. The van der Waals surface area contributed by atoms with E-state index in [1.165, 1.54) is 17.5 Å². The van der Waals surface area contributed by atoms with Gasteiger partial charge in [0.1, 0.15) is 6.33 Å². The van der Waals surface area contributed by atoms with Crippen LogP contribution in [-0.4, -0.2) is 20.6 Å². The van der Waals surface area contributed by atoms with Crippen LogP contribution in [0.4, 0.5) is 0 Å². The Labute approximate surface area is 113 Å². The molecule has 0 saturated carbocycles. The molecule has 0 aliphatic rings. The number of halogens is 1. The molecule has 0 spiro atoms. The van der Waals surface area contributed by atoms with Crippen molar-refractivity contribution in [2.24, 2.45) is 0 Å². The summed E-state index contributed by atoms with van der Waals surface area (Å²) in [7, 11) is 0. The highest BCUT2D eigenvalue weighted by atomic mass is 79.9. The number of hydrogen-bond donors (Lipinski definition) is 1. The molecule has 2 aromatic carbocycles. The molecule has 0 fully saturated rings. The number of aromatic nitrogens is 4. The Morgan fingerprint density at radius 3 is 2.17 bits per heavy atom. The van der Waals surface area contributed by atoms with Gasteiger partial charge >= 0.3 is 0 Å². The minimum absolute atomic E-state index is 1.14. The summed E-state index contributed by atoms with van der Waals surface area (Å²) in [6.07, 6.45) is 1.40. The van der Waals surface area contributed by atoms with Crippen LogP contribution in [0.3, 0.4) is 0 Å². The molecule has 3 aromatic rings. The van der Waals surface area contributed by atoms with Crippen LogP contribution >= 0.6 is 15.9 Å². The van der Waals surface area contributed by atoms with E-state index in [1.807, 2.05) is 18.2 Å². The maximum atomic E-state index is 3.53. The lowest BCUT2D eigenvalue weighted by Gasteiger charge is -2.02. The van der Waals surface area contributed by atoms with E-state index < -0.39 is 0 Å². The number of nitrogens with zero attached hydrogens (tertiary/aromatic N) is 3. The standard InChI is InChI=1S/C12H9Br.CH2N4/c13-12-9-5-4-8-11(12)10-6-2-1-3-7-10;1-2-4-5-3-1/h1-9H;1H,(H,2,3,4,5). The van der Waals surface area contributed by atoms with E-state index in [9.17, 15) is 0 Å². The number of aromatic amines is 1. The van der Waals surface area contributed by atoms with E-state index >= 15 is 0 Å². The van der Waals surface area contributed by atoms with Gasteiger partial charge in [-0.05, 0) is 27.6 Å². The highest BCUT2D eigenvalue weighted by molar-refractivity contribution is 9.10. The summed E-state index contributed by atoms with van der Waals surface area (Å²) >= 11 is 3.53. The first kappa shape index (κ1) is 12.4. The maximum absolute atomic E-state index is 3.53. The zero-order valence-electron chi connectivity index (χ0n) is 9.49. The van der Waals surface area contributed by atoms with Gasteiger partial charge in [-0.3, -0.25) is 0 Å². The maximum Gasteiger partial charge on any atom is 0.135 e. The van der Waals surface area contributed by atoms with Gasteiger partial charge < -0.3 is 0 Å². The van der Waals surface area contributed by atoms with Crippen LogP contribution in [0.15, 0.2) is 65.4 Å². The fourth-order valence-corrected chi connectivity index (χ4v) is 1.96. The van der Waals surface area contributed by atoms with Gasteiger partial charge in [0.05, 0.1) is 0 Å². The van der Waals surface area contributed by atoms with Crippen LogP contribution in [0.2, 0.25) is 0 Å². The van der Waals surface area contributed by atoms with Gasteiger partial charge in [0, 0.05) is 4.47 Å². The number of benzene rings is 2. The summed E-state index contributed by atoms with van der Waals surface area (Å²) in [6.45, 7) is 0. The Balaban J connectivity index is 0.000000202. The topological polar surface area (TPSA) is 54.5 Å². The van der Waals surface area contributed by atoms with Gasteiger partial charge in [-0.2, -0.15) is 0 Å². The van der Waals surface area contributed by atoms with Crippen LogP contribution in [-0.2, 0) is 0 Å². The Kier molecular flexibility index (Phi) is 4.60. The molecule has 0 unspecified atom stereocenters. The molecule has 90 valence electrons. The number of rotatable bonds is 1. The van der Waals surface area contributed by atoms with Crippen LogP contribution in [0.25, 0.3) is 11.1 Å². The average Bonchev–Trinajstić information content (AvgIpc) is 2.99. The van der Waals surface area contributed by atoms with E-state index in [2.05, 4.69) is 73.0 Å². The third kappa shape index (κ3) is 3.49. The van der Waals surface area contributed by atoms with Crippen molar-refractivity contribution < 1.29 is 0 Å². The second-order valence-electron chi connectivity index (χ2n) is 3.41. The molecule has 1 aromatic heterocycles. The van der Waals surface area contributed by atoms with Crippen molar-refractivity contribution in [3.05, 3.63) is 65.4 Å². The van der Waals surface area contributed by atoms with Gasteiger partial charge in [-0.1, -0.05) is 64.5 Å². The molecular weight excluding hydrogens is 292 g/mol. The van der Waals surface area contributed by atoms with Gasteiger partial charge in [-0.15, -0.1) is 5.10 Å². The van der Waals surface area contributed by atoms with E-state index in [-0.39, 0.29) is 0 Å². The summed E-state index contributed by atoms with van der Waals surface area (Å²) in [5.74, 6) is 0. The summed E-state index contributed by atoms with van der Waals surface area (Å²) in [4.78, 5) is 0. The van der Waals surface area contributed by atoms with Crippen molar-refractivity contribution in [2.75, 3.05) is 0 Å². The first-order valence-electron chi connectivity index (χ1n) is 5.35. The lowest BCUT2D eigenvalue weighted by atomic mass is 10.1. The van der Waals surface area contributed by atoms with Crippen LogP contribution in [0.5, 0.6) is 0 Å². The number of H-pyrrole nitrogens is 1. The van der Waals surface area contributed by atoms with Crippen molar-refractivity contribution in [1.29, 1.82) is 0 Å². The van der Waals surface area contributed by atoms with Crippen molar-refractivity contribution in [3.63, 3.8) is 0 Å². The molecule has 1 heterocycles. The average molecular weight is 303 g/mol. The summed E-state index contributed by atoms with van der Waals surface area (Å²) in [5.41, 5.74) is 2.48. The summed E-state index contributed by atoms with van der Waals surface area (Å²) in [5, 5.41) is 12.1. The number of nitrogens with one attached hydrogen (secondary N) is 1. The third-order valence-corrected chi connectivity index (χ3v) is 2.92. The molecule has 4 nitrogen and oxygen atoms in total. The third-order valence-electron chi connectivity index (χ3n) is 2.23. The molecule has 18 heavy (non-hydrogen) atoms. The van der Waals surface area contributed by atoms with Gasteiger partial charge in [0.2, 0.25) is 0 Å². The van der Waals surface area contributed by atoms with Crippen molar-refractivity contribution in [3.8, 4) is 11.1 Å². The second kappa shape index (κ2) is 6.66. The lowest BCUT2D eigenvalue weighted by molar-refractivity contribution is 0.881. The first-order valence-corrected chi connectivity index (χ1v) is 6.14. The molecule has 0 radical (unpaired) electrons. The molecular formula is C13H11BrN4. The minimum atomic E-state index is 1.14. The molecule has 5 heteroatoms. The molecule has 0 bridgehead atoms. The summed E-state index contributed by atoms with van der Waals surface area (Å²) < 4.78 is 1.14. The summed E-state index contributed by atoms with van der Waals surface area (Å²) in [6, 6.07) is 18.6. The van der Waals surface area contributed by atoms with E-state index in [1.54, 1.807) is 0 Å². The largest absolute Gasteiger partial charge is 0.246 e. The number of tetrazole rings is 1. The molecule has 0 saturated heterocycles. The van der Waals surface area contributed by atoms with Crippen molar-refractivity contribution in [1.82, 2.24) is 20.6 Å². The Bertz CT molecular complexity index is 549. The van der Waals surface area contributed by atoms with Gasteiger partial charge in [-0.25, -0.2) is 5.10 Å². The fraction of sp³-hybridized carbons (Fsp3) is 0. The van der Waals surface area contributed by atoms with Crippen molar-refractivity contribution in [2.45, 2.75) is 0 Å². The van der Waals surface area contributed by atoms with E-state index in [4.69, 9.17) is 0 Å². The van der Waals surface area contributed by atoms with Crippen LogP contribution < -0.4 is 0 Å². The Morgan fingerprint density at radius 2 is 1.61 bits per heavy atom. The molecule has 3 rings (SSSR count). The lowest BCUT2D eigenvalue weighted by Crippen LogP contribution is -1.77. The quantitative estimate of drug-likeness (QED) is 0.750. The second-order valence-corrected chi connectivity index (χ2v) is 4.26. The Hall–Kier alpha value is -2.01. The van der Waals surface area contributed by atoms with Crippen LogP contribution in [0.1, 0.15) is 0 Å². The van der Waals surface area contributed by atoms with Gasteiger partial charge in [0.25, 0.3) is 0 Å². The van der Waals surface area contributed by atoms with E-state index in [0.29, 0.717) is 0 Å². The van der Waals surface area contributed by atoms with Crippen molar-refractivity contribution >= 4 is 15.9 Å². The van der Waals surface area contributed by atoms with Gasteiger partial charge in [0.15, 0.2) is 0 Å². The zero-order valence-corrected chi connectivity index (χ0v) is 11.1. The normalized spacial score (nSPS) is 9.39. The zero-order chi connectivity index (χ0) is 12.6. The molecule has 0 aliphatic carbocycles. The SMILES string of the molecule is Brc1ccccc1-c1ccccc1.c1nnn[nH]1. The smallest absolute Gasteiger partial charge is 0.135 e. The highest BCUT2D eigenvalue weighted by Crippen LogP contribution is 2.27. The minimum Gasteiger partial charge on any atom is -0.246 e. The molecule has 0 aliphatic heterocycles. The molecule has 0 atom stereocenters. The van der Waals surface area contributed by atoms with Crippen LogP contribution in [0, 0.1) is 0 Å². The van der Waals surface area contributed by atoms with E-state index in [0.717, 1.165) is 4.47 Å². The predicted octanol–water partition coefficient (Wildman–Crippen LogP) is 3.32. The predicted molar refractivity (Wildman–Crippen MR) is 73.8 cm³/mol.